The van der Waals surface area contributed by atoms with Crippen LogP contribution in [0.2, 0.25) is 0 Å². The number of hydrogen-bond acceptors (Lipinski definition) is 3. The van der Waals surface area contributed by atoms with E-state index in [1.54, 1.807) is 13.2 Å². The largest absolute Gasteiger partial charge is 0.504 e. The molecule has 0 aliphatic carbocycles. The first-order chi connectivity index (χ1) is 11.3. The molecule has 3 heteroatoms. The molecule has 0 unspecified atom stereocenters. The SMILES string of the molecule is CCCCCCCCCOc1cc(OC)c(O)c2ccccc12. The van der Waals surface area contributed by atoms with Gasteiger partial charge in [0.1, 0.15) is 5.75 Å². The van der Waals surface area contributed by atoms with Crippen LogP contribution in [0, 0.1) is 0 Å². The van der Waals surface area contributed by atoms with Gasteiger partial charge >= 0.3 is 0 Å². The Labute approximate surface area is 139 Å². The molecule has 3 nitrogen and oxygen atoms in total. The van der Waals surface area contributed by atoms with Crippen molar-refractivity contribution in [1.29, 1.82) is 0 Å². The number of fused-ring (bicyclic) bond motifs is 1. The Balaban J connectivity index is 1.91. The maximum atomic E-state index is 10.2. The summed E-state index contributed by atoms with van der Waals surface area (Å²) in [5, 5.41) is 11.9. The van der Waals surface area contributed by atoms with Crippen molar-refractivity contribution in [3.8, 4) is 17.2 Å². The molecule has 1 N–H and O–H groups in total. The summed E-state index contributed by atoms with van der Waals surface area (Å²) in [5.74, 6) is 1.41. The number of aromatic hydroxyl groups is 1. The highest BCUT2D eigenvalue weighted by Crippen LogP contribution is 2.40. The van der Waals surface area contributed by atoms with Crippen LogP contribution < -0.4 is 9.47 Å². The molecule has 23 heavy (non-hydrogen) atoms. The molecule has 0 radical (unpaired) electrons. The highest BCUT2D eigenvalue weighted by Gasteiger charge is 2.12. The van der Waals surface area contributed by atoms with Gasteiger partial charge in [0.15, 0.2) is 11.5 Å². The lowest BCUT2D eigenvalue weighted by molar-refractivity contribution is 0.304. The van der Waals surface area contributed by atoms with Gasteiger partial charge in [-0.25, -0.2) is 0 Å². The normalized spacial score (nSPS) is 10.9. The Bertz CT molecular complexity index is 607. The minimum atomic E-state index is 0.173. The summed E-state index contributed by atoms with van der Waals surface area (Å²) in [6, 6.07) is 9.48. The zero-order valence-electron chi connectivity index (χ0n) is 14.3. The summed E-state index contributed by atoms with van der Waals surface area (Å²) < 4.78 is 11.2. The fraction of sp³-hybridized carbons (Fsp3) is 0.500. The summed E-state index contributed by atoms with van der Waals surface area (Å²) in [4.78, 5) is 0. The average molecular weight is 316 g/mol. The number of rotatable bonds is 10. The molecule has 0 bridgehead atoms. The quantitative estimate of drug-likeness (QED) is 0.573. The van der Waals surface area contributed by atoms with Crippen molar-refractivity contribution >= 4 is 10.8 Å². The zero-order chi connectivity index (χ0) is 16.5. The lowest BCUT2D eigenvalue weighted by atomic mass is 10.1. The lowest BCUT2D eigenvalue weighted by Gasteiger charge is -2.13. The van der Waals surface area contributed by atoms with E-state index in [-0.39, 0.29) is 5.75 Å². The van der Waals surface area contributed by atoms with Gasteiger partial charge in [-0.05, 0) is 6.42 Å². The van der Waals surface area contributed by atoms with E-state index in [1.165, 1.54) is 38.5 Å². The average Bonchev–Trinajstić information content (AvgIpc) is 2.59. The molecule has 0 atom stereocenters. The van der Waals surface area contributed by atoms with Crippen molar-refractivity contribution in [2.45, 2.75) is 51.9 Å². The van der Waals surface area contributed by atoms with Gasteiger partial charge in [-0.15, -0.1) is 0 Å². The van der Waals surface area contributed by atoms with E-state index in [0.717, 1.165) is 22.9 Å². The number of phenols is 1. The summed E-state index contributed by atoms with van der Waals surface area (Å²) in [7, 11) is 1.56. The number of phenolic OH excluding ortho intramolecular Hbond substituents is 1. The Morgan fingerprint density at radius 3 is 2.22 bits per heavy atom. The van der Waals surface area contributed by atoms with Gasteiger partial charge in [0.25, 0.3) is 0 Å². The van der Waals surface area contributed by atoms with E-state index in [2.05, 4.69) is 6.92 Å². The molecule has 0 saturated heterocycles. The standard InChI is InChI=1S/C20H28O3/c1-3-4-5-6-7-8-11-14-23-18-15-19(22-2)20(21)17-13-10-9-12-16(17)18/h9-10,12-13,15,21H,3-8,11,14H2,1-2H3. The first-order valence-corrected chi connectivity index (χ1v) is 8.69. The molecule has 0 aliphatic heterocycles. The first-order valence-electron chi connectivity index (χ1n) is 8.69. The van der Waals surface area contributed by atoms with Crippen LogP contribution in [0.5, 0.6) is 17.2 Å². The molecular weight excluding hydrogens is 288 g/mol. The number of ether oxygens (including phenoxy) is 2. The van der Waals surface area contributed by atoms with E-state index in [1.807, 2.05) is 24.3 Å². The van der Waals surface area contributed by atoms with Crippen LogP contribution in [-0.4, -0.2) is 18.8 Å². The highest BCUT2D eigenvalue weighted by molar-refractivity contribution is 5.95. The molecule has 2 aromatic carbocycles. The summed E-state index contributed by atoms with van der Waals surface area (Å²) in [5.41, 5.74) is 0. The van der Waals surface area contributed by atoms with Gasteiger partial charge in [0.2, 0.25) is 0 Å². The summed E-state index contributed by atoms with van der Waals surface area (Å²) in [6.07, 6.45) is 8.85. The van der Waals surface area contributed by atoms with Gasteiger partial charge in [-0.2, -0.15) is 0 Å². The number of methoxy groups -OCH3 is 1. The topological polar surface area (TPSA) is 38.7 Å². The van der Waals surface area contributed by atoms with Crippen LogP contribution in [0.15, 0.2) is 30.3 Å². The van der Waals surface area contributed by atoms with Gasteiger partial charge in [-0.3, -0.25) is 0 Å². The third kappa shape index (κ3) is 4.78. The van der Waals surface area contributed by atoms with E-state index >= 15 is 0 Å². The van der Waals surface area contributed by atoms with Gasteiger partial charge in [0, 0.05) is 16.8 Å². The smallest absolute Gasteiger partial charge is 0.165 e. The van der Waals surface area contributed by atoms with Gasteiger partial charge in [-0.1, -0.05) is 69.7 Å². The summed E-state index contributed by atoms with van der Waals surface area (Å²) in [6.45, 7) is 2.94. The predicted octanol–water partition coefficient (Wildman–Crippen LogP) is 5.68. The van der Waals surface area contributed by atoms with Crippen LogP contribution in [0.1, 0.15) is 51.9 Å². The van der Waals surface area contributed by atoms with E-state index in [4.69, 9.17) is 9.47 Å². The Kier molecular flexibility index (Phi) is 7.05. The Morgan fingerprint density at radius 1 is 0.870 bits per heavy atom. The minimum absolute atomic E-state index is 0.173. The second-order valence-corrected chi connectivity index (χ2v) is 5.94. The van der Waals surface area contributed by atoms with Crippen molar-refractivity contribution in [3.05, 3.63) is 30.3 Å². The number of hydrogen-bond donors (Lipinski definition) is 1. The second-order valence-electron chi connectivity index (χ2n) is 5.94. The van der Waals surface area contributed by atoms with Crippen LogP contribution in [0.4, 0.5) is 0 Å². The maximum Gasteiger partial charge on any atom is 0.165 e. The van der Waals surface area contributed by atoms with Crippen molar-refractivity contribution in [2.75, 3.05) is 13.7 Å². The van der Waals surface area contributed by atoms with Crippen LogP contribution >= 0.6 is 0 Å². The third-order valence-corrected chi connectivity index (χ3v) is 4.17. The molecular formula is C20H28O3. The lowest BCUT2D eigenvalue weighted by Crippen LogP contribution is -1.99. The first kappa shape index (κ1) is 17.5. The van der Waals surface area contributed by atoms with Crippen molar-refractivity contribution in [3.63, 3.8) is 0 Å². The molecule has 0 aromatic heterocycles. The fourth-order valence-electron chi connectivity index (χ4n) is 2.82. The highest BCUT2D eigenvalue weighted by atomic mass is 16.5. The third-order valence-electron chi connectivity index (χ3n) is 4.17. The molecule has 2 rings (SSSR count). The molecule has 0 aliphatic rings. The van der Waals surface area contributed by atoms with E-state index < -0.39 is 0 Å². The minimum Gasteiger partial charge on any atom is -0.504 e. The molecule has 2 aromatic rings. The van der Waals surface area contributed by atoms with E-state index in [9.17, 15) is 5.11 Å². The Morgan fingerprint density at radius 2 is 1.52 bits per heavy atom. The van der Waals surface area contributed by atoms with E-state index in [0.29, 0.717) is 12.4 Å². The Hall–Kier alpha value is -1.90. The fourth-order valence-corrected chi connectivity index (χ4v) is 2.82. The zero-order valence-corrected chi connectivity index (χ0v) is 14.3. The molecule has 0 heterocycles. The van der Waals surface area contributed by atoms with Crippen LogP contribution in [0.25, 0.3) is 10.8 Å². The van der Waals surface area contributed by atoms with Crippen LogP contribution in [0.3, 0.4) is 0 Å². The van der Waals surface area contributed by atoms with Crippen molar-refractivity contribution in [2.24, 2.45) is 0 Å². The molecule has 0 spiro atoms. The van der Waals surface area contributed by atoms with Gasteiger partial charge in [0.05, 0.1) is 13.7 Å². The van der Waals surface area contributed by atoms with Crippen LogP contribution in [-0.2, 0) is 0 Å². The molecule has 0 amide bonds. The molecule has 0 saturated carbocycles. The molecule has 0 fully saturated rings. The monoisotopic (exact) mass is 316 g/mol. The maximum absolute atomic E-state index is 10.2. The molecule has 126 valence electrons. The summed E-state index contributed by atoms with van der Waals surface area (Å²) >= 11 is 0. The van der Waals surface area contributed by atoms with Crippen molar-refractivity contribution in [1.82, 2.24) is 0 Å². The second kappa shape index (κ2) is 9.29. The van der Waals surface area contributed by atoms with Gasteiger partial charge < -0.3 is 14.6 Å². The number of benzene rings is 2. The number of unbranched alkanes of at least 4 members (excludes halogenated alkanes) is 6. The van der Waals surface area contributed by atoms with Crippen molar-refractivity contribution < 1.29 is 14.6 Å². The predicted molar refractivity (Wildman–Crippen MR) is 95.7 cm³/mol.